The van der Waals surface area contributed by atoms with Gasteiger partial charge in [-0.15, -0.1) is 10.2 Å². The molecule has 190 valence electrons. The van der Waals surface area contributed by atoms with Gasteiger partial charge in [-0.3, -0.25) is 14.3 Å². The third-order valence-corrected chi connectivity index (χ3v) is 8.89. The van der Waals surface area contributed by atoms with Crippen LogP contribution in [-0.2, 0) is 17.9 Å². The number of rotatable bonds is 3. The third kappa shape index (κ3) is 3.39. The molecular formula is C25H26ClF3N6O. The van der Waals surface area contributed by atoms with E-state index >= 15 is 0 Å². The Morgan fingerprint density at radius 2 is 1.86 bits per heavy atom. The van der Waals surface area contributed by atoms with Crippen molar-refractivity contribution >= 4 is 17.5 Å². The first-order chi connectivity index (χ1) is 16.9. The topological polar surface area (TPSA) is 78.1 Å². The van der Waals surface area contributed by atoms with Crippen molar-refractivity contribution in [3.63, 3.8) is 0 Å². The van der Waals surface area contributed by atoms with Gasteiger partial charge >= 0.3 is 6.18 Å². The monoisotopic (exact) mass is 518 g/mol. The predicted molar refractivity (Wildman–Crippen MR) is 124 cm³/mol. The molecule has 3 heterocycles. The molecule has 0 atom stereocenters. The molecule has 11 heteroatoms. The van der Waals surface area contributed by atoms with Gasteiger partial charge in [0.15, 0.2) is 5.82 Å². The number of halogens is 4. The summed E-state index contributed by atoms with van der Waals surface area (Å²) in [7, 11) is 0. The van der Waals surface area contributed by atoms with Crippen molar-refractivity contribution in [2.45, 2.75) is 70.3 Å². The zero-order valence-corrected chi connectivity index (χ0v) is 20.8. The van der Waals surface area contributed by atoms with Crippen LogP contribution >= 0.6 is 11.6 Å². The maximum Gasteiger partial charge on any atom is 0.406 e. The maximum atomic E-state index is 13.9. The van der Waals surface area contributed by atoms with E-state index in [9.17, 15) is 23.2 Å². The number of hydrogen-bond acceptors (Lipinski definition) is 5. The van der Waals surface area contributed by atoms with Gasteiger partial charge in [-0.05, 0) is 63.3 Å². The second kappa shape index (κ2) is 7.45. The van der Waals surface area contributed by atoms with Crippen molar-refractivity contribution in [1.29, 1.82) is 5.26 Å². The molecule has 0 bridgehead atoms. The summed E-state index contributed by atoms with van der Waals surface area (Å²) in [5, 5.41) is 18.6. The van der Waals surface area contributed by atoms with Crippen LogP contribution in [-0.4, -0.2) is 55.3 Å². The van der Waals surface area contributed by atoms with Crippen LogP contribution in [0.1, 0.15) is 62.7 Å². The highest BCUT2D eigenvalue weighted by Gasteiger charge is 2.60. The number of alkyl halides is 3. The van der Waals surface area contributed by atoms with Crippen molar-refractivity contribution in [2.24, 2.45) is 10.8 Å². The summed E-state index contributed by atoms with van der Waals surface area (Å²) in [5.74, 6) is 1.26. The Morgan fingerprint density at radius 3 is 2.47 bits per heavy atom. The van der Waals surface area contributed by atoms with Crippen molar-refractivity contribution < 1.29 is 18.0 Å². The molecule has 2 aliphatic heterocycles. The van der Waals surface area contributed by atoms with Crippen molar-refractivity contribution in [1.82, 2.24) is 24.6 Å². The summed E-state index contributed by atoms with van der Waals surface area (Å²) in [6.07, 6.45) is -1.48. The number of aromatic nitrogens is 3. The molecule has 0 radical (unpaired) electrons. The van der Waals surface area contributed by atoms with Crippen molar-refractivity contribution in [3.8, 4) is 11.8 Å². The minimum atomic E-state index is -4.43. The fourth-order valence-corrected chi connectivity index (χ4v) is 6.19. The molecule has 1 aromatic heterocycles. The van der Waals surface area contributed by atoms with Crippen molar-refractivity contribution in [3.05, 3.63) is 40.4 Å². The fraction of sp³-hybridized carbons (Fsp3) is 0.600. The first kappa shape index (κ1) is 23.7. The molecule has 3 fully saturated rings. The Labute approximate surface area is 211 Å². The van der Waals surface area contributed by atoms with Gasteiger partial charge in [0.05, 0.1) is 18.3 Å². The Kier molecular flexibility index (Phi) is 4.91. The van der Waals surface area contributed by atoms with Gasteiger partial charge in [-0.2, -0.15) is 18.4 Å². The van der Waals surface area contributed by atoms with Gasteiger partial charge in [0, 0.05) is 36.0 Å². The highest BCUT2D eigenvalue weighted by molar-refractivity contribution is 6.30. The van der Waals surface area contributed by atoms with Gasteiger partial charge in [0.25, 0.3) is 0 Å². The summed E-state index contributed by atoms with van der Waals surface area (Å²) in [6.45, 7) is 3.74. The summed E-state index contributed by atoms with van der Waals surface area (Å²) in [6, 6.07) is 7.46. The lowest BCUT2D eigenvalue weighted by Crippen LogP contribution is -2.64. The summed E-state index contributed by atoms with van der Waals surface area (Å²) in [5.41, 5.74) is -1.39. The van der Waals surface area contributed by atoms with E-state index in [1.807, 2.05) is 10.6 Å². The number of benzene rings is 1. The summed E-state index contributed by atoms with van der Waals surface area (Å²) in [4.78, 5) is 15.8. The van der Waals surface area contributed by atoms with Gasteiger partial charge in [0.2, 0.25) is 5.91 Å². The van der Waals surface area contributed by atoms with Crippen LogP contribution in [0.5, 0.6) is 0 Å². The van der Waals surface area contributed by atoms with Crippen LogP contribution in [0.25, 0.3) is 5.69 Å². The lowest BCUT2D eigenvalue weighted by molar-refractivity contribution is -0.224. The number of amides is 1. The number of nitrogens with zero attached hydrogens (tertiary/aromatic N) is 6. The Morgan fingerprint density at radius 1 is 1.17 bits per heavy atom. The third-order valence-electron chi connectivity index (χ3n) is 8.65. The molecule has 2 aliphatic carbocycles. The predicted octanol–water partition coefficient (Wildman–Crippen LogP) is 4.59. The Balaban J connectivity index is 1.26. The number of fused-ring (bicyclic) bond motifs is 3. The fourth-order valence-electron chi connectivity index (χ4n) is 6.00. The largest absolute Gasteiger partial charge is 0.406 e. The number of likely N-dealkylation sites (tertiary alicyclic amines) is 1. The van der Waals surface area contributed by atoms with Gasteiger partial charge < -0.3 is 4.90 Å². The first-order valence-corrected chi connectivity index (χ1v) is 12.5. The molecule has 0 N–H and O–H groups in total. The van der Waals surface area contributed by atoms with E-state index in [0.29, 0.717) is 42.3 Å². The zero-order valence-electron chi connectivity index (χ0n) is 20.1. The van der Waals surface area contributed by atoms with Crippen LogP contribution in [0.2, 0.25) is 5.02 Å². The Bertz CT molecular complexity index is 1290. The van der Waals surface area contributed by atoms with E-state index in [2.05, 4.69) is 16.3 Å². The minimum absolute atomic E-state index is 0.00218. The first-order valence-electron chi connectivity index (χ1n) is 12.1. The van der Waals surface area contributed by atoms with Crippen LogP contribution in [0.3, 0.4) is 0 Å². The SMILES string of the molecule is CC(C)(N1Cc2cc(Cl)ccc2-n2c(nnc2C2CC3(C2)CN(C(=O)C2(C#N)CC2)C3)C1)C(F)(F)F. The normalized spacial score (nSPS) is 22.6. The second-order valence-electron chi connectivity index (χ2n) is 11.5. The lowest BCUT2D eigenvalue weighted by atomic mass is 9.57. The number of carbonyl (C=O) groups excluding carboxylic acids is 1. The van der Waals surface area contributed by atoms with E-state index in [0.717, 1.165) is 24.4 Å². The number of nitriles is 1. The lowest BCUT2D eigenvalue weighted by Gasteiger charge is -2.59. The highest BCUT2D eigenvalue weighted by atomic mass is 35.5. The molecule has 1 amide bonds. The molecular weight excluding hydrogens is 493 g/mol. The molecule has 2 saturated carbocycles. The molecule has 1 saturated heterocycles. The van der Waals surface area contributed by atoms with Gasteiger partial charge in [-0.25, -0.2) is 0 Å². The Hall–Kier alpha value is -2.64. The molecule has 0 unspecified atom stereocenters. The van der Waals surface area contributed by atoms with E-state index in [4.69, 9.17) is 11.6 Å². The van der Waals surface area contributed by atoms with Crippen LogP contribution in [0, 0.1) is 22.2 Å². The second-order valence-corrected chi connectivity index (χ2v) is 11.9. The molecule has 1 spiro atoms. The van der Waals surface area contributed by atoms with Crippen LogP contribution in [0.4, 0.5) is 13.2 Å². The number of carbonyl (C=O) groups is 1. The van der Waals surface area contributed by atoms with E-state index < -0.39 is 17.1 Å². The van der Waals surface area contributed by atoms with E-state index in [-0.39, 0.29) is 30.3 Å². The van der Waals surface area contributed by atoms with Crippen LogP contribution < -0.4 is 0 Å². The van der Waals surface area contributed by atoms with E-state index in [1.54, 1.807) is 17.0 Å². The molecule has 1 aromatic carbocycles. The van der Waals surface area contributed by atoms with Crippen LogP contribution in [0.15, 0.2) is 18.2 Å². The molecule has 6 rings (SSSR count). The maximum absolute atomic E-state index is 13.9. The average Bonchev–Trinajstić information content (AvgIpc) is 3.49. The standard InChI is InChI=1S/C25H26ClF3N6O/c1-22(2,25(27,28)29)34-10-15-7-17(26)3-4-18(15)35-19(11-34)31-32-20(35)16-8-23(9-16)13-33(14-23)21(36)24(12-30)5-6-24/h3-4,7,16H,5-6,8-11,13-14H2,1-2H3. The smallest absolute Gasteiger partial charge is 0.340 e. The molecule has 36 heavy (non-hydrogen) atoms. The minimum Gasteiger partial charge on any atom is -0.340 e. The molecule has 2 aromatic rings. The summed E-state index contributed by atoms with van der Waals surface area (Å²) >= 11 is 6.24. The van der Waals surface area contributed by atoms with Gasteiger partial charge in [-0.1, -0.05) is 11.6 Å². The average molecular weight is 519 g/mol. The molecule has 7 nitrogen and oxygen atoms in total. The zero-order chi connectivity index (χ0) is 25.7. The number of hydrogen-bond donors (Lipinski definition) is 0. The summed E-state index contributed by atoms with van der Waals surface area (Å²) < 4.78 is 43.7. The van der Waals surface area contributed by atoms with E-state index in [1.165, 1.54) is 18.7 Å². The molecule has 4 aliphatic rings. The van der Waals surface area contributed by atoms with Crippen molar-refractivity contribution in [2.75, 3.05) is 13.1 Å². The quantitative estimate of drug-likeness (QED) is 0.594. The van der Waals surface area contributed by atoms with Gasteiger partial charge in [0.1, 0.15) is 16.8 Å². The highest BCUT2D eigenvalue weighted by Crippen LogP contribution is 2.58.